The minimum absolute atomic E-state index is 0.0361. The zero-order valence-corrected chi connectivity index (χ0v) is 37.9. The first-order valence-electron chi connectivity index (χ1n) is 21.5. The van der Waals surface area contributed by atoms with E-state index in [0.717, 1.165) is 13.8 Å². The van der Waals surface area contributed by atoms with Crippen LogP contribution in [0.5, 0.6) is 0 Å². The number of halogens is 1. The second-order valence-corrected chi connectivity index (χ2v) is 18.2. The molecule has 1 saturated heterocycles. The molecule has 350 valence electrons. The topological polar surface area (TPSA) is 227 Å². The van der Waals surface area contributed by atoms with Crippen LogP contribution in [0.2, 0.25) is 0 Å². The van der Waals surface area contributed by atoms with Crippen molar-refractivity contribution in [3.05, 3.63) is 119 Å². The number of ketones is 1. The standard InChI is InChI=1S/C49H52ClNO15/c1-26-32(63-45(59)38(55)37(29-16-10-7-11-17-29)51-43(57)30-18-12-8-13-19-30)23-49(60)42(65-44(58)31-20-14-9-15-21-31)40-47(6,41(56)39(62-27(2)52)36(26)46(49,4)5)33(64-35(54)24-50)22-34-48(40,25-61-34)66-28(3)53/h7-21,32-34,37-40,42,55,60H,22-25H2,1-6H3,(H,51,57)/t32-,33-,34+,37-,38+,39+,40-,42-,47+,48-,49+/m0/s1. The lowest BCUT2D eigenvalue weighted by Crippen LogP contribution is -2.82. The SMILES string of the molecule is CC(=O)O[C@H]1C(=O)[C@]2(C)[C@@H](OC(=O)CCl)C[C@H]3OC[C@@]3(OC(C)=O)[C@H]2[C@H](OC(=O)c2ccccc2)[C@]2(O)C[C@H](OC(=O)[C@H](O)[C@@H](NC(=O)c3ccccc3)c3ccccc3)C(C)=C1C2(C)C. The van der Waals surface area contributed by atoms with E-state index in [1.165, 1.54) is 26.0 Å². The first-order chi connectivity index (χ1) is 31.2. The maximum atomic E-state index is 15.9. The maximum Gasteiger partial charge on any atom is 0.338 e. The molecule has 2 bridgehead atoms. The summed E-state index contributed by atoms with van der Waals surface area (Å²) in [5.41, 5.74) is -7.44. The van der Waals surface area contributed by atoms with E-state index in [0.29, 0.717) is 5.56 Å². The number of amides is 1. The first-order valence-corrected chi connectivity index (χ1v) is 22.0. The highest BCUT2D eigenvalue weighted by atomic mass is 35.5. The van der Waals surface area contributed by atoms with Crippen molar-refractivity contribution < 1.29 is 72.2 Å². The zero-order chi connectivity index (χ0) is 47.9. The van der Waals surface area contributed by atoms with Crippen LogP contribution in [-0.2, 0) is 52.4 Å². The molecule has 4 aliphatic rings. The van der Waals surface area contributed by atoms with Gasteiger partial charge in [-0.25, -0.2) is 9.59 Å². The normalized spacial score (nSPS) is 30.5. The molecule has 2 saturated carbocycles. The van der Waals surface area contributed by atoms with Crippen molar-refractivity contribution in [3.63, 3.8) is 0 Å². The van der Waals surface area contributed by atoms with Crippen molar-refractivity contribution in [3.8, 4) is 0 Å². The molecule has 0 aromatic heterocycles. The Kier molecular flexibility index (Phi) is 13.4. The number of alkyl halides is 1. The van der Waals surface area contributed by atoms with E-state index in [4.69, 9.17) is 40.0 Å². The van der Waals surface area contributed by atoms with E-state index in [1.54, 1.807) is 92.7 Å². The smallest absolute Gasteiger partial charge is 0.338 e. The number of fused-ring (bicyclic) bond motifs is 5. The fraction of sp³-hybridized carbons (Fsp3) is 0.449. The second-order valence-electron chi connectivity index (χ2n) is 18.0. The van der Waals surface area contributed by atoms with Gasteiger partial charge in [0.25, 0.3) is 5.91 Å². The number of ether oxygens (including phenoxy) is 6. The zero-order valence-electron chi connectivity index (χ0n) is 37.2. The van der Waals surface area contributed by atoms with Crippen molar-refractivity contribution in [2.45, 2.75) is 108 Å². The van der Waals surface area contributed by atoms with Crippen LogP contribution in [0.4, 0.5) is 0 Å². The van der Waals surface area contributed by atoms with Crippen molar-refractivity contribution in [1.29, 1.82) is 0 Å². The van der Waals surface area contributed by atoms with E-state index < -0.39 is 124 Å². The Balaban J connectivity index is 1.42. The molecule has 66 heavy (non-hydrogen) atoms. The number of hydrogen-bond donors (Lipinski definition) is 3. The molecule has 0 unspecified atom stereocenters. The Morgan fingerprint density at radius 2 is 1.42 bits per heavy atom. The molecule has 16 nitrogen and oxygen atoms in total. The summed E-state index contributed by atoms with van der Waals surface area (Å²) in [5.74, 6) is -8.68. The van der Waals surface area contributed by atoms with Crippen LogP contribution in [0.1, 0.15) is 86.7 Å². The van der Waals surface area contributed by atoms with Crippen LogP contribution in [-0.4, -0.2) is 112 Å². The van der Waals surface area contributed by atoms with Gasteiger partial charge in [-0.15, -0.1) is 11.6 Å². The van der Waals surface area contributed by atoms with Gasteiger partial charge in [-0.2, -0.15) is 0 Å². The molecule has 3 N–H and O–H groups in total. The summed E-state index contributed by atoms with van der Waals surface area (Å²) < 4.78 is 36.5. The van der Waals surface area contributed by atoms with E-state index >= 15 is 4.79 Å². The van der Waals surface area contributed by atoms with E-state index in [1.807, 2.05) is 0 Å². The summed E-state index contributed by atoms with van der Waals surface area (Å²) in [5, 5.41) is 28.4. The molecule has 1 heterocycles. The Hall–Kier alpha value is -5.94. The molecule has 7 rings (SSSR count). The van der Waals surface area contributed by atoms with Crippen LogP contribution in [0.15, 0.2) is 102 Å². The Bertz CT molecular complexity index is 2430. The van der Waals surface area contributed by atoms with Crippen molar-refractivity contribution >= 4 is 53.1 Å². The van der Waals surface area contributed by atoms with Gasteiger partial charge in [-0.1, -0.05) is 80.6 Å². The number of carbonyl (C=O) groups excluding carboxylic acids is 7. The van der Waals surface area contributed by atoms with Crippen molar-refractivity contribution in [2.24, 2.45) is 16.7 Å². The summed E-state index contributed by atoms with van der Waals surface area (Å²) in [6, 6.07) is 22.7. The summed E-state index contributed by atoms with van der Waals surface area (Å²) in [4.78, 5) is 97.7. The number of nitrogens with one attached hydrogen (secondary N) is 1. The number of aliphatic hydroxyl groups excluding tert-OH is 1. The highest BCUT2D eigenvalue weighted by Gasteiger charge is 2.79. The lowest BCUT2D eigenvalue weighted by atomic mass is 9.44. The summed E-state index contributed by atoms with van der Waals surface area (Å²) in [6.07, 6.45) is -10.8. The number of benzene rings is 3. The second kappa shape index (κ2) is 18.4. The first kappa shape index (κ1) is 48.0. The van der Waals surface area contributed by atoms with Crippen molar-refractivity contribution in [1.82, 2.24) is 5.32 Å². The van der Waals surface area contributed by atoms with Crippen LogP contribution >= 0.6 is 11.6 Å². The quantitative estimate of drug-likeness (QED) is 0.0982. The molecule has 11 atom stereocenters. The predicted octanol–water partition coefficient (Wildman–Crippen LogP) is 4.53. The van der Waals surface area contributed by atoms with Gasteiger partial charge in [0.1, 0.15) is 35.9 Å². The molecule has 0 spiro atoms. The lowest BCUT2D eigenvalue weighted by molar-refractivity contribution is -0.346. The fourth-order valence-corrected chi connectivity index (χ4v) is 10.6. The monoisotopic (exact) mass is 929 g/mol. The number of esters is 5. The average Bonchev–Trinajstić information content (AvgIpc) is 3.28. The highest BCUT2D eigenvalue weighted by molar-refractivity contribution is 6.26. The van der Waals surface area contributed by atoms with Crippen LogP contribution in [0, 0.1) is 16.7 Å². The summed E-state index contributed by atoms with van der Waals surface area (Å²) in [7, 11) is 0. The van der Waals surface area contributed by atoms with Gasteiger partial charge < -0.3 is 44.0 Å². The Morgan fingerprint density at radius 3 is 1.97 bits per heavy atom. The molecular formula is C49H52ClNO15. The van der Waals surface area contributed by atoms with Gasteiger partial charge in [-0.05, 0) is 54.8 Å². The molecule has 1 aliphatic heterocycles. The number of hydrogen-bond acceptors (Lipinski definition) is 15. The number of rotatable bonds is 12. The molecule has 0 radical (unpaired) electrons. The van der Waals surface area contributed by atoms with Gasteiger partial charge in [0.2, 0.25) is 0 Å². The Labute approximate surface area is 385 Å². The molecule has 17 heteroatoms. The molecule has 1 amide bonds. The van der Waals surface area contributed by atoms with E-state index in [2.05, 4.69) is 5.32 Å². The van der Waals surface area contributed by atoms with E-state index in [9.17, 15) is 39.0 Å². The average molecular weight is 930 g/mol. The van der Waals surface area contributed by atoms with E-state index in [-0.39, 0.29) is 35.3 Å². The van der Waals surface area contributed by atoms with Crippen molar-refractivity contribution in [2.75, 3.05) is 12.5 Å². The molecule has 3 aromatic carbocycles. The van der Waals surface area contributed by atoms with Crippen LogP contribution in [0.25, 0.3) is 0 Å². The number of aliphatic hydroxyl groups is 2. The Morgan fingerprint density at radius 1 is 0.833 bits per heavy atom. The third kappa shape index (κ3) is 8.28. The van der Waals surface area contributed by atoms with Gasteiger partial charge in [0.05, 0.1) is 29.5 Å². The fourth-order valence-electron chi connectivity index (χ4n) is 10.5. The lowest BCUT2D eigenvalue weighted by Gasteiger charge is -2.67. The van der Waals surface area contributed by atoms with Crippen LogP contribution < -0.4 is 5.32 Å². The summed E-state index contributed by atoms with van der Waals surface area (Å²) >= 11 is 5.94. The predicted molar refractivity (Wildman–Crippen MR) is 232 cm³/mol. The van der Waals surface area contributed by atoms with Gasteiger partial charge in [-0.3, -0.25) is 24.0 Å². The molecule has 3 fully saturated rings. The highest BCUT2D eigenvalue weighted by Crippen LogP contribution is 2.65. The minimum atomic E-state index is -2.46. The molecule has 3 aromatic rings. The molecule has 3 aliphatic carbocycles. The third-order valence-electron chi connectivity index (χ3n) is 13.8. The number of carbonyl (C=O) groups is 7. The third-order valence-corrected chi connectivity index (χ3v) is 14.0. The summed E-state index contributed by atoms with van der Waals surface area (Å²) in [6.45, 7) is 7.83. The van der Waals surface area contributed by atoms with Gasteiger partial charge in [0, 0.05) is 37.7 Å². The minimum Gasteiger partial charge on any atom is -0.460 e. The maximum absolute atomic E-state index is 15.9. The van der Waals surface area contributed by atoms with Gasteiger partial charge >= 0.3 is 29.8 Å². The largest absolute Gasteiger partial charge is 0.460 e. The van der Waals surface area contributed by atoms with Crippen LogP contribution in [0.3, 0.4) is 0 Å². The molecular weight excluding hydrogens is 878 g/mol. The van der Waals surface area contributed by atoms with Gasteiger partial charge in [0.15, 0.2) is 23.6 Å². The number of Topliss-reactive ketones (excluding diaryl/α,β-unsaturated/α-hetero) is 1.